The molecule has 12 aromatic rings. The van der Waals surface area contributed by atoms with Crippen LogP contribution >= 0.6 is 11.3 Å². The van der Waals surface area contributed by atoms with Crippen molar-refractivity contribution in [3.8, 4) is 39.1 Å². The number of benzene rings is 10. The molecule has 0 aliphatic heterocycles. The van der Waals surface area contributed by atoms with Gasteiger partial charge in [-0.25, -0.2) is 0 Å². The number of nitrogens with zero attached hydrogens (tertiary/aromatic N) is 2. The average molecular weight is 795 g/mol. The van der Waals surface area contributed by atoms with E-state index in [9.17, 15) is 0 Å². The molecule has 0 spiro atoms. The minimum absolute atomic E-state index is 1.08. The van der Waals surface area contributed by atoms with Gasteiger partial charge < -0.3 is 9.47 Å². The van der Waals surface area contributed by atoms with E-state index in [2.05, 4.69) is 240 Å². The van der Waals surface area contributed by atoms with Crippen LogP contribution in [-0.2, 0) is 0 Å². The first-order valence-electron chi connectivity index (χ1n) is 20.8. The lowest BCUT2D eigenvalue weighted by Gasteiger charge is -2.28. The average Bonchev–Trinajstić information content (AvgIpc) is 3.87. The van der Waals surface area contributed by atoms with Gasteiger partial charge in [0, 0.05) is 53.4 Å². The van der Waals surface area contributed by atoms with Crippen molar-refractivity contribution in [3.05, 3.63) is 231 Å². The molecular weight excluding hydrogens is 757 g/mol. The highest BCUT2D eigenvalue weighted by atomic mass is 32.1. The van der Waals surface area contributed by atoms with Gasteiger partial charge in [-0.1, -0.05) is 170 Å². The summed E-state index contributed by atoms with van der Waals surface area (Å²) in [6.07, 6.45) is 0. The Morgan fingerprint density at radius 3 is 1.82 bits per heavy atom. The molecule has 2 nitrogen and oxygen atoms in total. The quantitative estimate of drug-likeness (QED) is 0.156. The van der Waals surface area contributed by atoms with Crippen LogP contribution < -0.4 is 4.90 Å². The zero-order valence-corrected chi connectivity index (χ0v) is 34.1. The van der Waals surface area contributed by atoms with Crippen LogP contribution in [0, 0.1) is 0 Å². The normalized spacial score (nSPS) is 11.6. The molecule has 0 radical (unpaired) electrons. The van der Waals surface area contributed by atoms with Crippen LogP contribution in [0.15, 0.2) is 231 Å². The molecule has 0 bridgehead atoms. The number of hydrogen-bond donors (Lipinski definition) is 0. The largest absolute Gasteiger partial charge is 0.310 e. The Morgan fingerprint density at radius 1 is 0.328 bits per heavy atom. The maximum Gasteiger partial charge on any atom is 0.0562 e. The van der Waals surface area contributed by atoms with Crippen LogP contribution in [0.3, 0.4) is 0 Å². The smallest absolute Gasteiger partial charge is 0.0562 e. The van der Waals surface area contributed by atoms with E-state index in [-0.39, 0.29) is 0 Å². The molecule has 2 heterocycles. The topological polar surface area (TPSA) is 8.17 Å². The van der Waals surface area contributed by atoms with Crippen LogP contribution in [0.25, 0.3) is 91.8 Å². The van der Waals surface area contributed by atoms with Gasteiger partial charge in [0.05, 0.1) is 22.4 Å². The number of thiophene rings is 1. The van der Waals surface area contributed by atoms with Crippen LogP contribution in [0.5, 0.6) is 0 Å². The van der Waals surface area contributed by atoms with Gasteiger partial charge in [0.25, 0.3) is 0 Å². The second-order valence-corrected chi connectivity index (χ2v) is 16.8. The number of para-hydroxylation sites is 3. The highest BCUT2D eigenvalue weighted by Gasteiger charge is 2.21. The highest BCUT2D eigenvalue weighted by Crippen LogP contribution is 2.45. The van der Waals surface area contributed by atoms with Crippen molar-refractivity contribution in [2.45, 2.75) is 0 Å². The monoisotopic (exact) mass is 794 g/mol. The summed E-state index contributed by atoms with van der Waals surface area (Å²) in [5.74, 6) is 0. The van der Waals surface area contributed by atoms with Crippen LogP contribution in [0.2, 0.25) is 0 Å². The maximum atomic E-state index is 2.48. The Bertz CT molecular complexity index is 3590. The van der Waals surface area contributed by atoms with Crippen molar-refractivity contribution in [1.82, 2.24) is 4.57 Å². The van der Waals surface area contributed by atoms with Crippen molar-refractivity contribution in [2.75, 3.05) is 4.90 Å². The Balaban J connectivity index is 1.07. The van der Waals surface area contributed by atoms with Gasteiger partial charge in [0.1, 0.15) is 0 Å². The van der Waals surface area contributed by atoms with E-state index in [0.717, 1.165) is 28.3 Å². The fourth-order valence-corrected chi connectivity index (χ4v) is 10.5. The Hall–Kier alpha value is -7.72. The molecular formula is C58H38N2S. The molecule has 286 valence electrons. The number of hydrogen-bond acceptors (Lipinski definition) is 2. The molecule has 0 aliphatic carbocycles. The van der Waals surface area contributed by atoms with Gasteiger partial charge in [0.2, 0.25) is 0 Å². The third-order valence-corrected chi connectivity index (χ3v) is 13.4. The Labute approximate surface area is 358 Å². The molecule has 12 rings (SSSR count). The maximum absolute atomic E-state index is 2.48. The molecule has 0 N–H and O–H groups in total. The third-order valence-electron chi connectivity index (χ3n) is 12.2. The van der Waals surface area contributed by atoms with Crippen LogP contribution in [0.4, 0.5) is 17.1 Å². The molecule has 0 aliphatic rings. The minimum atomic E-state index is 1.08. The van der Waals surface area contributed by atoms with Crippen molar-refractivity contribution >= 4 is 81.1 Å². The standard InChI is InChI=1S/C58H38N2S/c1-2-15-40(16-3-1)47-20-6-10-25-53(47)59(43-32-29-41(30-33-43)46-24-14-18-39-17-4-5-19-45(39)46)44-34-35-50-49-22-8-12-27-55(49)60(56(50)38-44)54-26-11-7-21-48(54)42-31-36-58-52(37-42)51-23-9-13-28-57(51)61-58/h1-38H. The first-order chi connectivity index (χ1) is 30.3. The molecule has 3 heteroatoms. The molecule has 61 heavy (non-hydrogen) atoms. The van der Waals surface area contributed by atoms with E-state index in [1.165, 1.54) is 80.6 Å². The molecule has 0 atom stereocenters. The second kappa shape index (κ2) is 14.5. The summed E-state index contributed by atoms with van der Waals surface area (Å²) < 4.78 is 5.11. The molecule has 0 unspecified atom stereocenters. The predicted octanol–water partition coefficient (Wildman–Crippen LogP) is 16.8. The van der Waals surface area contributed by atoms with E-state index in [1.54, 1.807) is 0 Å². The van der Waals surface area contributed by atoms with Gasteiger partial charge in [-0.2, -0.15) is 0 Å². The number of aromatic nitrogens is 1. The van der Waals surface area contributed by atoms with Crippen LogP contribution in [-0.4, -0.2) is 4.57 Å². The summed E-state index contributed by atoms with van der Waals surface area (Å²) in [5, 5.41) is 7.56. The van der Waals surface area contributed by atoms with Crippen molar-refractivity contribution in [3.63, 3.8) is 0 Å². The van der Waals surface area contributed by atoms with E-state index < -0.39 is 0 Å². The lowest BCUT2D eigenvalue weighted by atomic mass is 9.97. The van der Waals surface area contributed by atoms with Crippen molar-refractivity contribution < 1.29 is 0 Å². The molecule has 2 aromatic heterocycles. The lowest BCUT2D eigenvalue weighted by Crippen LogP contribution is -2.11. The summed E-state index contributed by atoms with van der Waals surface area (Å²) in [6.45, 7) is 0. The summed E-state index contributed by atoms with van der Waals surface area (Å²) >= 11 is 1.86. The van der Waals surface area contributed by atoms with Gasteiger partial charge in [-0.05, 0) is 93.7 Å². The lowest BCUT2D eigenvalue weighted by molar-refractivity contribution is 1.18. The number of fused-ring (bicyclic) bond motifs is 7. The molecule has 10 aromatic carbocycles. The fraction of sp³-hybridized carbons (Fsp3) is 0. The van der Waals surface area contributed by atoms with Gasteiger partial charge >= 0.3 is 0 Å². The zero-order valence-electron chi connectivity index (χ0n) is 33.2. The zero-order chi connectivity index (χ0) is 40.3. The SMILES string of the molecule is c1ccc(-c2ccccc2N(c2ccc(-c3cccc4ccccc34)cc2)c2ccc3c4ccccc4n(-c4ccccc4-c4ccc5sc6ccccc6c5c4)c3c2)cc1. The van der Waals surface area contributed by atoms with E-state index in [0.29, 0.717) is 0 Å². The van der Waals surface area contributed by atoms with Gasteiger partial charge in [0.15, 0.2) is 0 Å². The first-order valence-corrected chi connectivity index (χ1v) is 21.7. The van der Waals surface area contributed by atoms with E-state index in [1.807, 2.05) is 11.3 Å². The third kappa shape index (κ3) is 5.93. The summed E-state index contributed by atoms with van der Waals surface area (Å²) in [5.41, 5.74) is 14.0. The fourth-order valence-electron chi connectivity index (χ4n) is 9.39. The molecule has 0 amide bonds. The van der Waals surface area contributed by atoms with Crippen molar-refractivity contribution in [1.29, 1.82) is 0 Å². The first kappa shape index (κ1) is 35.2. The van der Waals surface area contributed by atoms with Gasteiger partial charge in [-0.15, -0.1) is 11.3 Å². The van der Waals surface area contributed by atoms with Crippen molar-refractivity contribution in [2.24, 2.45) is 0 Å². The molecule has 0 fully saturated rings. The summed E-state index contributed by atoms with van der Waals surface area (Å²) in [7, 11) is 0. The Kier molecular flexibility index (Phi) is 8.39. The molecule has 0 saturated heterocycles. The number of rotatable bonds is 7. The Morgan fingerprint density at radius 2 is 0.934 bits per heavy atom. The van der Waals surface area contributed by atoms with E-state index in [4.69, 9.17) is 0 Å². The molecule has 0 saturated carbocycles. The van der Waals surface area contributed by atoms with E-state index >= 15 is 0 Å². The second-order valence-electron chi connectivity index (χ2n) is 15.7. The highest BCUT2D eigenvalue weighted by molar-refractivity contribution is 7.25. The van der Waals surface area contributed by atoms with Crippen LogP contribution in [0.1, 0.15) is 0 Å². The minimum Gasteiger partial charge on any atom is -0.310 e. The summed E-state index contributed by atoms with van der Waals surface area (Å²) in [6, 6.07) is 84.3. The predicted molar refractivity (Wildman–Crippen MR) is 262 cm³/mol. The number of anilines is 3. The van der Waals surface area contributed by atoms with Gasteiger partial charge in [-0.3, -0.25) is 0 Å². The summed E-state index contributed by atoms with van der Waals surface area (Å²) in [4.78, 5) is 2.43.